The molecule has 0 fully saturated rings. The highest BCUT2D eigenvalue weighted by Gasteiger charge is 2.23. The maximum atomic E-state index is 12.2. The fourth-order valence-corrected chi connectivity index (χ4v) is 2.52. The number of aromatic nitrogens is 2. The SMILES string of the molecule is COC(=O)c1c(N)c(C#N)cn1-c1ccccc1OCc1ccccn1. The predicted octanol–water partition coefficient (Wildman–Crippen LogP) is 2.69. The van der Waals surface area contributed by atoms with Crippen LogP contribution in [0.2, 0.25) is 0 Å². The molecule has 3 aromatic rings. The van der Waals surface area contributed by atoms with Crippen molar-refractivity contribution in [2.75, 3.05) is 12.8 Å². The van der Waals surface area contributed by atoms with Crippen LogP contribution in [0.25, 0.3) is 5.69 Å². The van der Waals surface area contributed by atoms with E-state index in [0.717, 1.165) is 5.69 Å². The van der Waals surface area contributed by atoms with Gasteiger partial charge in [0.25, 0.3) is 0 Å². The monoisotopic (exact) mass is 348 g/mol. The topological polar surface area (TPSA) is 103 Å². The summed E-state index contributed by atoms with van der Waals surface area (Å²) >= 11 is 0. The summed E-state index contributed by atoms with van der Waals surface area (Å²) < 4.78 is 12.2. The van der Waals surface area contributed by atoms with Crippen molar-refractivity contribution in [3.8, 4) is 17.5 Å². The van der Waals surface area contributed by atoms with Gasteiger partial charge in [0, 0.05) is 12.4 Å². The summed E-state index contributed by atoms with van der Waals surface area (Å²) in [6, 6.07) is 14.7. The Labute approximate surface area is 150 Å². The molecule has 0 radical (unpaired) electrons. The van der Waals surface area contributed by atoms with Gasteiger partial charge in [-0.1, -0.05) is 18.2 Å². The second-order valence-corrected chi connectivity index (χ2v) is 5.36. The van der Waals surface area contributed by atoms with Crippen molar-refractivity contribution >= 4 is 11.7 Å². The van der Waals surface area contributed by atoms with Crippen LogP contribution in [0.3, 0.4) is 0 Å². The molecule has 0 saturated carbocycles. The second-order valence-electron chi connectivity index (χ2n) is 5.36. The van der Waals surface area contributed by atoms with Crippen molar-refractivity contribution in [1.29, 1.82) is 5.26 Å². The highest BCUT2D eigenvalue weighted by Crippen LogP contribution is 2.30. The number of nitriles is 1. The van der Waals surface area contributed by atoms with Gasteiger partial charge in [-0.3, -0.25) is 4.98 Å². The Morgan fingerprint density at radius 2 is 2.04 bits per heavy atom. The minimum atomic E-state index is -0.636. The van der Waals surface area contributed by atoms with Crippen LogP contribution < -0.4 is 10.5 Å². The number of anilines is 1. The highest BCUT2D eigenvalue weighted by atomic mass is 16.5. The van der Waals surface area contributed by atoms with Crippen molar-refractivity contribution in [3.05, 3.63) is 71.8 Å². The van der Waals surface area contributed by atoms with Crippen molar-refractivity contribution in [2.45, 2.75) is 6.61 Å². The lowest BCUT2D eigenvalue weighted by Crippen LogP contribution is -2.12. The smallest absolute Gasteiger partial charge is 0.357 e. The maximum absolute atomic E-state index is 12.2. The van der Waals surface area contributed by atoms with E-state index >= 15 is 0 Å². The van der Waals surface area contributed by atoms with Crippen LogP contribution in [0.15, 0.2) is 54.9 Å². The summed E-state index contributed by atoms with van der Waals surface area (Å²) in [6.07, 6.45) is 3.18. The normalized spacial score (nSPS) is 10.2. The maximum Gasteiger partial charge on any atom is 0.357 e. The summed E-state index contributed by atoms with van der Waals surface area (Å²) in [5, 5.41) is 9.24. The van der Waals surface area contributed by atoms with E-state index in [1.807, 2.05) is 30.3 Å². The number of carbonyl (C=O) groups is 1. The van der Waals surface area contributed by atoms with E-state index in [1.165, 1.54) is 17.9 Å². The molecule has 0 aliphatic rings. The Morgan fingerprint density at radius 1 is 1.27 bits per heavy atom. The molecular weight excluding hydrogens is 332 g/mol. The first-order chi connectivity index (χ1) is 12.7. The van der Waals surface area contributed by atoms with Crippen LogP contribution >= 0.6 is 0 Å². The van der Waals surface area contributed by atoms with E-state index in [0.29, 0.717) is 11.4 Å². The summed E-state index contributed by atoms with van der Waals surface area (Å²) in [4.78, 5) is 16.4. The van der Waals surface area contributed by atoms with Crippen LogP contribution in [0.5, 0.6) is 5.75 Å². The first kappa shape index (κ1) is 17.0. The third-order valence-electron chi connectivity index (χ3n) is 3.77. The van der Waals surface area contributed by atoms with E-state index in [4.69, 9.17) is 15.2 Å². The van der Waals surface area contributed by atoms with Crippen LogP contribution in [0, 0.1) is 11.3 Å². The molecule has 0 saturated heterocycles. The molecule has 0 aliphatic heterocycles. The van der Waals surface area contributed by atoms with Crippen molar-refractivity contribution in [2.24, 2.45) is 0 Å². The molecule has 7 heteroatoms. The Kier molecular flexibility index (Phi) is 4.85. The van der Waals surface area contributed by atoms with Gasteiger partial charge >= 0.3 is 5.97 Å². The number of rotatable bonds is 5. The number of carbonyl (C=O) groups excluding carboxylic acids is 1. The molecule has 2 aromatic heterocycles. The number of nitrogens with two attached hydrogens (primary N) is 1. The number of hydrogen-bond donors (Lipinski definition) is 1. The molecule has 7 nitrogen and oxygen atoms in total. The summed E-state index contributed by atoms with van der Waals surface area (Å²) in [7, 11) is 1.26. The van der Waals surface area contributed by atoms with E-state index in [-0.39, 0.29) is 23.6 Å². The Morgan fingerprint density at radius 3 is 2.73 bits per heavy atom. The van der Waals surface area contributed by atoms with Gasteiger partial charge in [0.1, 0.15) is 18.4 Å². The average molecular weight is 348 g/mol. The molecule has 0 atom stereocenters. The molecule has 130 valence electrons. The fraction of sp³-hybridized carbons (Fsp3) is 0.105. The van der Waals surface area contributed by atoms with E-state index in [2.05, 4.69) is 4.98 Å². The summed E-state index contributed by atoms with van der Waals surface area (Å²) in [5.41, 5.74) is 7.61. The number of nitrogens with zero attached hydrogens (tertiary/aromatic N) is 3. The summed E-state index contributed by atoms with van der Waals surface area (Å²) in [6.45, 7) is 0.257. The highest BCUT2D eigenvalue weighted by molar-refractivity contribution is 5.96. The number of esters is 1. The third kappa shape index (κ3) is 3.21. The summed E-state index contributed by atoms with van der Waals surface area (Å²) in [5.74, 6) is -0.119. The van der Waals surface area contributed by atoms with E-state index in [1.54, 1.807) is 24.4 Å². The average Bonchev–Trinajstić information content (AvgIpc) is 3.03. The molecule has 26 heavy (non-hydrogen) atoms. The predicted molar refractivity (Wildman–Crippen MR) is 94.8 cm³/mol. The number of benzene rings is 1. The zero-order valence-corrected chi connectivity index (χ0v) is 14.0. The number of methoxy groups -OCH3 is 1. The molecule has 2 N–H and O–H groups in total. The fourth-order valence-electron chi connectivity index (χ4n) is 2.52. The first-order valence-electron chi connectivity index (χ1n) is 7.77. The van der Waals surface area contributed by atoms with Crippen LogP contribution in [0.4, 0.5) is 5.69 Å². The van der Waals surface area contributed by atoms with Gasteiger partial charge in [0.2, 0.25) is 0 Å². The van der Waals surface area contributed by atoms with Gasteiger partial charge in [-0.15, -0.1) is 0 Å². The lowest BCUT2D eigenvalue weighted by Gasteiger charge is -2.14. The number of para-hydroxylation sites is 2. The van der Waals surface area contributed by atoms with Gasteiger partial charge in [-0.05, 0) is 24.3 Å². The quantitative estimate of drug-likeness (QED) is 0.711. The van der Waals surface area contributed by atoms with E-state index < -0.39 is 5.97 Å². The minimum absolute atomic E-state index is 0.0684. The largest absolute Gasteiger partial charge is 0.485 e. The van der Waals surface area contributed by atoms with Crippen molar-refractivity contribution < 1.29 is 14.3 Å². The zero-order valence-electron chi connectivity index (χ0n) is 14.0. The molecule has 0 bridgehead atoms. The molecule has 1 aromatic carbocycles. The molecule has 2 heterocycles. The first-order valence-corrected chi connectivity index (χ1v) is 7.77. The Bertz CT molecular complexity index is 974. The molecule has 0 aliphatic carbocycles. The number of nitrogen functional groups attached to an aromatic ring is 1. The number of ether oxygens (including phenoxy) is 2. The van der Waals surface area contributed by atoms with Crippen LogP contribution in [-0.4, -0.2) is 22.6 Å². The van der Waals surface area contributed by atoms with Gasteiger partial charge in [-0.25, -0.2) is 4.79 Å². The van der Waals surface area contributed by atoms with Gasteiger partial charge in [0.05, 0.1) is 29.7 Å². The third-order valence-corrected chi connectivity index (χ3v) is 3.77. The molecular formula is C19H16N4O3. The zero-order chi connectivity index (χ0) is 18.5. The van der Waals surface area contributed by atoms with Gasteiger partial charge in [0.15, 0.2) is 5.69 Å². The van der Waals surface area contributed by atoms with Crippen molar-refractivity contribution in [1.82, 2.24) is 9.55 Å². The van der Waals surface area contributed by atoms with Gasteiger partial charge < -0.3 is 19.8 Å². The minimum Gasteiger partial charge on any atom is -0.485 e. The molecule has 0 spiro atoms. The molecule has 3 rings (SSSR count). The lowest BCUT2D eigenvalue weighted by molar-refractivity contribution is 0.0593. The van der Waals surface area contributed by atoms with Gasteiger partial charge in [-0.2, -0.15) is 5.26 Å². The Hall–Kier alpha value is -3.79. The number of hydrogen-bond acceptors (Lipinski definition) is 6. The Balaban J connectivity index is 2.03. The second kappa shape index (κ2) is 7.40. The lowest BCUT2D eigenvalue weighted by atomic mass is 10.2. The molecule has 0 amide bonds. The van der Waals surface area contributed by atoms with Crippen molar-refractivity contribution in [3.63, 3.8) is 0 Å². The van der Waals surface area contributed by atoms with E-state index in [9.17, 15) is 10.1 Å². The molecule has 0 unspecified atom stereocenters. The number of pyridine rings is 1. The van der Waals surface area contributed by atoms with Crippen LogP contribution in [0.1, 0.15) is 21.7 Å². The van der Waals surface area contributed by atoms with Crippen LogP contribution in [-0.2, 0) is 11.3 Å². The standard InChI is InChI=1S/C19H16N4O3/c1-25-19(24)18-17(21)13(10-20)11-23(18)15-7-2-3-8-16(15)26-12-14-6-4-5-9-22-14/h2-9,11H,12,21H2,1H3.